The van der Waals surface area contributed by atoms with Crippen molar-refractivity contribution in [2.24, 2.45) is 0 Å². The van der Waals surface area contributed by atoms with Gasteiger partial charge >= 0.3 is 6.09 Å². The smallest absolute Gasteiger partial charge is 0.408 e. The molecule has 0 unspecified atom stereocenters. The number of unbranched alkanes of at least 4 members (excludes halogenated alkanes) is 1. The highest BCUT2D eigenvalue weighted by Gasteiger charge is 2.18. The molecule has 1 aliphatic heterocycles. The maximum absolute atomic E-state index is 12.5. The lowest BCUT2D eigenvalue weighted by Crippen LogP contribution is -2.46. The summed E-state index contributed by atoms with van der Waals surface area (Å²) in [7, 11) is 1.55. The van der Waals surface area contributed by atoms with Gasteiger partial charge in [-0.1, -0.05) is 6.07 Å². The maximum atomic E-state index is 12.5. The minimum absolute atomic E-state index is 0.186. The normalized spacial score (nSPS) is 14.1. The molecule has 0 saturated carbocycles. The molecule has 1 saturated heterocycles. The van der Waals surface area contributed by atoms with E-state index in [1.807, 2.05) is 18.2 Å². The quantitative estimate of drug-likeness (QED) is 0.253. The first-order valence-corrected chi connectivity index (χ1v) is 14.6. The summed E-state index contributed by atoms with van der Waals surface area (Å²) in [6.07, 6.45) is 1.40. The van der Waals surface area contributed by atoms with Crippen LogP contribution in [-0.2, 0) is 16.2 Å². The summed E-state index contributed by atoms with van der Waals surface area (Å²) in [5.41, 5.74) is 1.76. The topological polar surface area (TPSA) is 85.3 Å². The van der Waals surface area contributed by atoms with E-state index in [1.165, 1.54) is 26.4 Å². The number of thiophene rings is 1. The van der Waals surface area contributed by atoms with Crippen molar-refractivity contribution in [2.45, 2.75) is 19.6 Å². The van der Waals surface area contributed by atoms with Crippen LogP contribution in [0.4, 0.5) is 10.5 Å². The van der Waals surface area contributed by atoms with Gasteiger partial charge in [0.05, 0.1) is 18.7 Å². The van der Waals surface area contributed by atoms with Gasteiger partial charge in [0, 0.05) is 67.7 Å². The van der Waals surface area contributed by atoms with Crippen LogP contribution in [-0.4, -0.2) is 75.2 Å². The lowest BCUT2D eigenvalue weighted by molar-refractivity contribution is 0.110. The molecule has 1 N–H and O–H groups in total. The fourth-order valence-corrected chi connectivity index (χ4v) is 5.82. The van der Waals surface area contributed by atoms with E-state index in [0.717, 1.165) is 51.0 Å². The van der Waals surface area contributed by atoms with Crippen molar-refractivity contribution in [1.29, 1.82) is 0 Å². The van der Waals surface area contributed by atoms with Crippen molar-refractivity contribution in [2.75, 3.05) is 64.5 Å². The predicted octanol–water partition coefficient (Wildman–Crippen LogP) is 4.53. The predicted molar refractivity (Wildman–Crippen MR) is 160 cm³/mol. The highest BCUT2D eigenvalue weighted by Crippen LogP contribution is 2.31. The van der Waals surface area contributed by atoms with Gasteiger partial charge < -0.3 is 24.4 Å². The monoisotopic (exact) mass is 564 g/mol. The van der Waals surface area contributed by atoms with Gasteiger partial charge in [-0.05, 0) is 66.6 Å². The zero-order valence-electron chi connectivity index (χ0n) is 22.8. The molecule has 40 heavy (non-hydrogen) atoms. The van der Waals surface area contributed by atoms with E-state index in [9.17, 15) is 9.59 Å². The van der Waals surface area contributed by atoms with Crippen LogP contribution in [0.5, 0.6) is 5.75 Å². The lowest BCUT2D eigenvalue weighted by atomic mass is 10.2. The minimum atomic E-state index is -0.602. The molecule has 9 nitrogen and oxygen atoms in total. The first-order valence-electron chi connectivity index (χ1n) is 13.7. The second-order valence-corrected chi connectivity index (χ2v) is 10.7. The number of amides is 1. The van der Waals surface area contributed by atoms with Crippen molar-refractivity contribution in [3.05, 3.63) is 70.3 Å². The number of piperazine rings is 1. The molecule has 4 aromatic rings. The van der Waals surface area contributed by atoms with Crippen molar-refractivity contribution in [3.8, 4) is 5.75 Å². The van der Waals surface area contributed by atoms with E-state index in [4.69, 9.17) is 14.2 Å². The Hall–Kier alpha value is -3.60. The van der Waals surface area contributed by atoms with Crippen molar-refractivity contribution < 1.29 is 19.0 Å². The van der Waals surface area contributed by atoms with Gasteiger partial charge in [-0.2, -0.15) is 0 Å². The van der Waals surface area contributed by atoms with Crippen LogP contribution < -0.4 is 20.5 Å². The van der Waals surface area contributed by atoms with Crippen LogP contribution in [0.2, 0.25) is 0 Å². The molecule has 0 atom stereocenters. The van der Waals surface area contributed by atoms with Crippen LogP contribution in [0, 0.1) is 0 Å². The number of alkyl carbamates (subject to hydrolysis) is 1. The number of pyridine rings is 1. The van der Waals surface area contributed by atoms with Crippen LogP contribution in [0.15, 0.2) is 64.8 Å². The third-order valence-electron chi connectivity index (χ3n) is 7.19. The number of hydrogen-bond donors (Lipinski definition) is 1. The van der Waals surface area contributed by atoms with E-state index in [2.05, 4.69) is 44.8 Å². The third-order valence-corrected chi connectivity index (χ3v) is 8.07. The molecule has 212 valence electrons. The van der Waals surface area contributed by atoms with Crippen molar-refractivity contribution in [1.82, 2.24) is 14.8 Å². The highest BCUT2D eigenvalue weighted by atomic mass is 32.1. The van der Waals surface area contributed by atoms with Crippen molar-refractivity contribution in [3.63, 3.8) is 0 Å². The van der Waals surface area contributed by atoms with Gasteiger partial charge in [-0.15, -0.1) is 11.3 Å². The molecule has 10 heteroatoms. The summed E-state index contributed by atoms with van der Waals surface area (Å²) < 4.78 is 18.9. The van der Waals surface area contributed by atoms with Crippen molar-refractivity contribution >= 4 is 44.1 Å². The molecule has 3 heterocycles. The van der Waals surface area contributed by atoms with Gasteiger partial charge in [0.25, 0.3) is 5.56 Å². The SMILES string of the molecule is COCCNC(=O)OCn1c(=O)ccc2ccc(OCCCCN3CCN(c4cccc5sccc45)CC3)cc21. The summed E-state index contributed by atoms with van der Waals surface area (Å²) in [5, 5.41) is 6.98. The second kappa shape index (κ2) is 13.6. The number of aromatic nitrogens is 1. The summed E-state index contributed by atoms with van der Waals surface area (Å²) in [6, 6.07) is 17.7. The Bertz CT molecular complexity index is 1480. The van der Waals surface area contributed by atoms with E-state index in [0.29, 0.717) is 31.0 Å². The van der Waals surface area contributed by atoms with E-state index >= 15 is 0 Å². The number of carbonyl (C=O) groups is 1. The number of nitrogens with zero attached hydrogens (tertiary/aromatic N) is 3. The van der Waals surface area contributed by atoms with Crippen LogP contribution >= 0.6 is 11.3 Å². The Morgan fingerprint density at radius 3 is 2.70 bits per heavy atom. The molecular formula is C30H36N4O5S. The first-order chi connectivity index (χ1) is 19.6. The summed E-state index contributed by atoms with van der Waals surface area (Å²) in [4.78, 5) is 29.4. The number of carbonyl (C=O) groups excluding carboxylic acids is 1. The van der Waals surface area contributed by atoms with Gasteiger partial charge in [-0.25, -0.2) is 4.79 Å². The number of methoxy groups -OCH3 is 1. The standard InChI is InChI=1S/C30H36N4O5S/c1-37-19-12-31-30(36)39-22-34-27-21-24(9-7-23(27)8-10-29(34)35)38-18-3-2-13-32-14-16-33(17-15-32)26-5-4-6-28-25(26)11-20-40-28/h4-11,20-21H,2-3,12-19,22H2,1H3,(H,31,36). The van der Waals surface area contributed by atoms with Crippen LogP contribution in [0.3, 0.4) is 0 Å². The second-order valence-electron chi connectivity index (χ2n) is 9.79. The Morgan fingerprint density at radius 1 is 1.00 bits per heavy atom. The number of benzene rings is 2. The zero-order chi connectivity index (χ0) is 27.7. The zero-order valence-corrected chi connectivity index (χ0v) is 23.7. The summed E-state index contributed by atoms with van der Waals surface area (Å²) >= 11 is 1.80. The molecular weight excluding hydrogens is 528 g/mol. The molecule has 5 rings (SSSR count). The minimum Gasteiger partial charge on any atom is -0.494 e. The fraction of sp³-hybridized carbons (Fsp3) is 0.400. The van der Waals surface area contributed by atoms with Gasteiger partial charge in [0.15, 0.2) is 6.73 Å². The molecule has 0 spiro atoms. The van der Waals surface area contributed by atoms with Gasteiger partial charge in [0.1, 0.15) is 5.75 Å². The molecule has 2 aromatic heterocycles. The molecule has 0 bridgehead atoms. The van der Waals surface area contributed by atoms with Gasteiger partial charge in [0.2, 0.25) is 0 Å². The molecule has 0 radical (unpaired) electrons. The third kappa shape index (κ3) is 6.93. The molecule has 1 aliphatic rings. The maximum Gasteiger partial charge on any atom is 0.408 e. The Morgan fingerprint density at radius 2 is 1.85 bits per heavy atom. The van der Waals surface area contributed by atoms with Crippen LogP contribution in [0.1, 0.15) is 12.8 Å². The number of hydrogen-bond acceptors (Lipinski definition) is 8. The lowest BCUT2D eigenvalue weighted by Gasteiger charge is -2.36. The Balaban J connectivity index is 1.07. The highest BCUT2D eigenvalue weighted by molar-refractivity contribution is 7.17. The fourth-order valence-electron chi connectivity index (χ4n) is 5.01. The number of nitrogens with one attached hydrogen (secondary N) is 1. The number of fused-ring (bicyclic) bond motifs is 2. The average Bonchev–Trinajstić information content (AvgIpc) is 3.46. The summed E-state index contributed by atoms with van der Waals surface area (Å²) in [5.74, 6) is 0.688. The Labute approximate surface area is 237 Å². The van der Waals surface area contributed by atoms with Gasteiger partial charge in [-0.3, -0.25) is 14.3 Å². The largest absolute Gasteiger partial charge is 0.494 e. The number of anilines is 1. The molecule has 1 amide bonds. The molecule has 2 aromatic carbocycles. The molecule has 1 fully saturated rings. The van der Waals surface area contributed by atoms with E-state index in [-0.39, 0.29) is 12.3 Å². The number of ether oxygens (including phenoxy) is 3. The molecule has 0 aliphatic carbocycles. The average molecular weight is 565 g/mol. The van der Waals surface area contributed by atoms with Crippen LogP contribution in [0.25, 0.3) is 21.0 Å². The summed E-state index contributed by atoms with van der Waals surface area (Å²) in [6.45, 7) is 6.40. The Kier molecular flexibility index (Phi) is 9.54. The number of rotatable bonds is 12. The van der Waals surface area contributed by atoms with E-state index in [1.54, 1.807) is 24.5 Å². The van der Waals surface area contributed by atoms with E-state index < -0.39 is 6.09 Å². The first kappa shape index (κ1) is 27.9.